The molecule has 0 N–H and O–H groups in total. The number of aromatic nitrogens is 1. The highest BCUT2D eigenvalue weighted by Crippen LogP contribution is 2.47. The molecule has 0 saturated heterocycles. The second-order valence-corrected chi connectivity index (χ2v) is 4.02. The molecule has 0 amide bonds. The number of nitrogens with zero attached hydrogens (tertiary/aromatic N) is 1. The van der Waals surface area contributed by atoms with Gasteiger partial charge in [-0.2, -0.15) is 0 Å². The van der Waals surface area contributed by atoms with Crippen molar-refractivity contribution < 1.29 is 4.74 Å². The van der Waals surface area contributed by atoms with Crippen LogP contribution in [0.4, 0.5) is 0 Å². The van der Waals surface area contributed by atoms with Gasteiger partial charge in [0.05, 0.1) is 12.2 Å². The molecule has 1 aliphatic heterocycles. The van der Waals surface area contributed by atoms with Crippen molar-refractivity contribution in [3.05, 3.63) is 29.6 Å². The Bertz CT molecular complexity index is 329. The molecule has 0 unspecified atom stereocenters. The molecule has 0 bridgehead atoms. The molecule has 1 aromatic rings. The summed E-state index contributed by atoms with van der Waals surface area (Å²) in [4.78, 5) is 4.20. The highest BCUT2D eigenvalue weighted by atomic mass is 16.5. The molecular weight excluding hydrogens is 162 g/mol. The first-order valence-electron chi connectivity index (χ1n) is 4.98. The third kappa shape index (κ3) is 0.953. The first-order valence-corrected chi connectivity index (χ1v) is 4.98. The Labute approximate surface area is 77.9 Å². The van der Waals surface area contributed by atoms with Gasteiger partial charge in [-0.15, -0.1) is 0 Å². The van der Waals surface area contributed by atoms with Crippen LogP contribution in [0.3, 0.4) is 0 Å². The fourth-order valence-electron chi connectivity index (χ4n) is 2.61. The number of rotatable bonds is 0. The van der Waals surface area contributed by atoms with Crippen LogP contribution in [0.1, 0.15) is 36.8 Å². The second-order valence-electron chi connectivity index (χ2n) is 4.02. The van der Waals surface area contributed by atoms with Crippen molar-refractivity contribution in [3.63, 3.8) is 0 Å². The Morgan fingerprint density at radius 2 is 2.15 bits per heavy atom. The van der Waals surface area contributed by atoms with E-state index < -0.39 is 0 Å². The summed E-state index contributed by atoms with van der Waals surface area (Å²) in [5, 5.41) is 0. The Hall–Kier alpha value is -0.890. The lowest BCUT2D eigenvalue weighted by Crippen LogP contribution is -2.20. The molecule has 0 radical (unpaired) electrons. The van der Waals surface area contributed by atoms with Gasteiger partial charge in [-0.1, -0.05) is 12.8 Å². The summed E-state index contributed by atoms with van der Waals surface area (Å²) in [5.41, 5.74) is 2.76. The molecule has 2 heteroatoms. The molecule has 1 spiro atoms. The molecule has 2 nitrogen and oxygen atoms in total. The lowest BCUT2D eigenvalue weighted by molar-refractivity contribution is -0.0326. The van der Waals surface area contributed by atoms with E-state index in [4.69, 9.17) is 4.74 Å². The van der Waals surface area contributed by atoms with Crippen molar-refractivity contribution >= 4 is 0 Å². The van der Waals surface area contributed by atoms with E-state index in [1.54, 1.807) is 0 Å². The molecule has 1 fully saturated rings. The highest BCUT2D eigenvalue weighted by molar-refractivity contribution is 5.33. The van der Waals surface area contributed by atoms with Gasteiger partial charge < -0.3 is 4.74 Å². The Kier molecular flexibility index (Phi) is 1.47. The van der Waals surface area contributed by atoms with Crippen LogP contribution in [0.25, 0.3) is 0 Å². The van der Waals surface area contributed by atoms with Crippen LogP contribution in [-0.2, 0) is 16.9 Å². The van der Waals surface area contributed by atoms with Gasteiger partial charge in [-0.25, -0.2) is 0 Å². The lowest BCUT2D eigenvalue weighted by Gasteiger charge is -2.22. The van der Waals surface area contributed by atoms with Crippen LogP contribution in [-0.4, -0.2) is 4.98 Å². The van der Waals surface area contributed by atoms with E-state index in [9.17, 15) is 0 Å². The highest BCUT2D eigenvalue weighted by Gasteiger charge is 2.42. The topological polar surface area (TPSA) is 22.1 Å². The summed E-state index contributed by atoms with van der Waals surface area (Å²) in [6.07, 6.45) is 8.82. The Balaban J connectivity index is 2.11. The lowest BCUT2D eigenvalue weighted by atomic mass is 9.93. The van der Waals surface area contributed by atoms with Gasteiger partial charge in [0.15, 0.2) is 0 Å². The number of hydrogen-bond donors (Lipinski definition) is 0. The first kappa shape index (κ1) is 7.51. The van der Waals surface area contributed by atoms with Crippen molar-refractivity contribution in [1.82, 2.24) is 4.98 Å². The monoisotopic (exact) mass is 175 g/mol. The number of hydrogen-bond acceptors (Lipinski definition) is 2. The molecule has 1 aliphatic carbocycles. The van der Waals surface area contributed by atoms with Gasteiger partial charge in [0.25, 0.3) is 0 Å². The average Bonchev–Trinajstić information content (AvgIpc) is 2.78. The minimum Gasteiger partial charge on any atom is -0.366 e. The van der Waals surface area contributed by atoms with E-state index in [1.165, 1.54) is 36.8 Å². The average molecular weight is 175 g/mol. The summed E-state index contributed by atoms with van der Waals surface area (Å²) in [6, 6.07) is 2.09. The van der Waals surface area contributed by atoms with E-state index in [1.807, 2.05) is 12.4 Å². The first-order chi connectivity index (χ1) is 6.41. The molecule has 68 valence electrons. The van der Waals surface area contributed by atoms with Crippen molar-refractivity contribution in [2.24, 2.45) is 0 Å². The molecule has 3 rings (SSSR count). The normalized spacial score (nSPS) is 23.7. The Morgan fingerprint density at radius 3 is 3.00 bits per heavy atom. The second kappa shape index (κ2) is 2.55. The van der Waals surface area contributed by atoms with E-state index in [0.717, 1.165) is 6.61 Å². The van der Waals surface area contributed by atoms with Crippen LogP contribution >= 0.6 is 0 Å². The van der Waals surface area contributed by atoms with E-state index in [0.29, 0.717) is 0 Å². The number of ether oxygens (including phenoxy) is 1. The molecule has 2 heterocycles. The van der Waals surface area contributed by atoms with Crippen molar-refractivity contribution in [2.75, 3.05) is 0 Å². The molecule has 1 aromatic heterocycles. The van der Waals surface area contributed by atoms with Gasteiger partial charge in [-0.05, 0) is 24.5 Å². The maximum atomic E-state index is 5.93. The van der Waals surface area contributed by atoms with Crippen molar-refractivity contribution in [3.8, 4) is 0 Å². The molecule has 1 saturated carbocycles. The summed E-state index contributed by atoms with van der Waals surface area (Å²) in [5.74, 6) is 0. The standard InChI is InChI=1S/C11H13NO/c1-2-5-11(4-1)10-7-12-6-3-9(10)8-13-11/h3,6-7H,1-2,4-5,8H2. The van der Waals surface area contributed by atoms with Gasteiger partial charge in [-0.3, -0.25) is 4.98 Å². The van der Waals surface area contributed by atoms with E-state index >= 15 is 0 Å². The summed E-state index contributed by atoms with van der Waals surface area (Å²) in [7, 11) is 0. The molecule has 0 atom stereocenters. The summed E-state index contributed by atoms with van der Waals surface area (Å²) in [6.45, 7) is 0.790. The van der Waals surface area contributed by atoms with Crippen LogP contribution in [0, 0.1) is 0 Å². The fourth-order valence-corrected chi connectivity index (χ4v) is 2.61. The van der Waals surface area contributed by atoms with E-state index in [2.05, 4.69) is 11.1 Å². The maximum absolute atomic E-state index is 5.93. The third-order valence-corrected chi connectivity index (χ3v) is 3.32. The van der Waals surface area contributed by atoms with Crippen LogP contribution in [0.15, 0.2) is 18.5 Å². The molecular formula is C11H13NO. The smallest absolute Gasteiger partial charge is 0.0954 e. The maximum Gasteiger partial charge on any atom is 0.0954 e. The molecule has 2 aliphatic rings. The summed E-state index contributed by atoms with van der Waals surface area (Å²) >= 11 is 0. The van der Waals surface area contributed by atoms with Crippen molar-refractivity contribution in [1.29, 1.82) is 0 Å². The number of pyridine rings is 1. The number of fused-ring (bicyclic) bond motifs is 2. The zero-order valence-corrected chi connectivity index (χ0v) is 7.62. The third-order valence-electron chi connectivity index (χ3n) is 3.32. The molecule has 13 heavy (non-hydrogen) atoms. The van der Waals surface area contributed by atoms with Gasteiger partial charge >= 0.3 is 0 Å². The predicted octanol–water partition coefficient (Wildman–Crippen LogP) is 2.38. The fraction of sp³-hybridized carbons (Fsp3) is 0.545. The predicted molar refractivity (Wildman–Crippen MR) is 49.2 cm³/mol. The Morgan fingerprint density at radius 1 is 1.31 bits per heavy atom. The van der Waals surface area contributed by atoms with Crippen LogP contribution in [0.5, 0.6) is 0 Å². The zero-order valence-electron chi connectivity index (χ0n) is 7.62. The summed E-state index contributed by atoms with van der Waals surface area (Å²) < 4.78 is 5.93. The van der Waals surface area contributed by atoms with Crippen molar-refractivity contribution in [2.45, 2.75) is 37.9 Å². The zero-order chi connectivity index (χ0) is 8.73. The minimum absolute atomic E-state index is 0.0591. The van der Waals surface area contributed by atoms with Gasteiger partial charge in [0.1, 0.15) is 0 Å². The quantitative estimate of drug-likeness (QED) is 0.604. The molecule has 0 aromatic carbocycles. The SMILES string of the molecule is c1cc2c(cn1)C1(CCCC1)OC2. The van der Waals surface area contributed by atoms with Crippen LogP contribution in [0.2, 0.25) is 0 Å². The van der Waals surface area contributed by atoms with Gasteiger partial charge in [0, 0.05) is 18.0 Å². The van der Waals surface area contributed by atoms with Gasteiger partial charge in [0.2, 0.25) is 0 Å². The minimum atomic E-state index is 0.0591. The van der Waals surface area contributed by atoms with Crippen LogP contribution < -0.4 is 0 Å². The largest absolute Gasteiger partial charge is 0.366 e. The van der Waals surface area contributed by atoms with E-state index in [-0.39, 0.29) is 5.60 Å².